The average Bonchev–Trinajstić information content (AvgIpc) is 3.25. The van der Waals surface area contributed by atoms with Gasteiger partial charge in [0.25, 0.3) is 5.91 Å². The maximum atomic E-state index is 12.5. The van der Waals surface area contributed by atoms with Gasteiger partial charge in [-0.25, -0.2) is 0 Å². The molecule has 0 saturated heterocycles. The molecule has 0 fully saturated rings. The Morgan fingerprint density at radius 3 is 2.57 bits per heavy atom. The van der Waals surface area contributed by atoms with Gasteiger partial charge < -0.3 is 19.8 Å². The zero-order valence-corrected chi connectivity index (χ0v) is 15.7. The number of alkyl halides is 2. The van der Waals surface area contributed by atoms with E-state index in [9.17, 15) is 18.4 Å². The number of para-hydroxylation sites is 2. The highest BCUT2D eigenvalue weighted by Crippen LogP contribution is 2.22. The number of benzene rings is 2. The van der Waals surface area contributed by atoms with E-state index < -0.39 is 12.5 Å². The Kier molecular flexibility index (Phi) is 6.94. The van der Waals surface area contributed by atoms with Gasteiger partial charge in [-0.05, 0) is 36.4 Å². The molecule has 154 valence electrons. The summed E-state index contributed by atoms with van der Waals surface area (Å²) in [6.07, 6.45) is 4.03. The molecule has 2 N–H and O–H groups in total. The van der Waals surface area contributed by atoms with E-state index in [0.29, 0.717) is 17.0 Å². The van der Waals surface area contributed by atoms with Crippen molar-refractivity contribution in [1.29, 1.82) is 0 Å². The first-order valence-electron chi connectivity index (χ1n) is 8.95. The lowest BCUT2D eigenvalue weighted by Gasteiger charge is -2.10. The molecule has 0 spiro atoms. The number of carbonyl (C=O) groups excluding carboxylic acids is 2. The summed E-state index contributed by atoms with van der Waals surface area (Å²) in [6, 6.07) is 16.0. The molecule has 0 aliphatic carbocycles. The molecule has 0 atom stereocenters. The second kappa shape index (κ2) is 10.0. The Balaban J connectivity index is 1.67. The van der Waals surface area contributed by atoms with Crippen molar-refractivity contribution in [3.63, 3.8) is 0 Å². The lowest BCUT2D eigenvalue weighted by atomic mass is 10.1. The molecule has 0 bridgehead atoms. The van der Waals surface area contributed by atoms with Gasteiger partial charge in [-0.15, -0.1) is 0 Å². The van der Waals surface area contributed by atoms with Crippen LogP contribution in [0.2, 0.25) is 0 Å². The second-order valence-electron chi connectivity index (χ2n) is 6.05. The third-order valence-electron chi connectivity index (χ3n) is 3.98. The minimum atomic E-state index is -2.97. The molecule has 6 nitrogen and oxygen atoms in total. The number of carbonyl (C=O) groups is 2. The first kappa shape index (κ1) is 20.8. The molecule has 1 aromatic heterocycles. The van der Waals surface area contributed by atoms with Crippen LogP contribution in [-0.2, 0) is 11.3 Å². The van der Waals surface area contributed by atoms with Gasteiger partial charge in [0.2, 0.25) is 5.91 Å². The van der Waals surface area contributed by atoms with Gasteiger partial charge in [0, 0.05) is 11.6 Å². The van der Waals surface area contributed by atoms with Gasteiger partial charge in [0.05, 0.1) is 24.1 Å². The maximum Gasteiger partial charge on any atom is 0.387 e. The predicted octanol–water partition coefficient (Wildman–Crippen LogP) is 4.46. The standard InChI is InChI=1S/C22H18F2N2O4/c23-22(24)30-19-10-4-1-6-15(19)11-12-20(27)26-18-9-3-2-8-17(18)21(28)25-14-16-7-5-13-29-16/h1-13,22H,14H2,(H,25,28)(H,26,27)/b12-11+. The summed E-state index contributed by atoms with van der Waals surface area (Å²) in [5, 5.41) is 5.33. The zero-order chi connectivity index (χ0) is 21.3. The summed E-state index contributed by atoms with van der Waals surface area (Å²) in [5.74, 6) is -0.373. The van der Waals surface area contributed by atoms with Crippen molar-refractivity contribution in [2.75, 3.05) is 5.32 Å². The van der Waals surface area contributed by atoms with Crippen molar-refractivity contribution in [3.8, 4) is 5.75 Å². The number of halogens is 2. The minimum absolute atomic E-state index is 0.0470. The van der Waals surface area contributed by atoms with Crippen molar-refractivity contribution in [2.24, 2.45) is 0 Å². The summed E-state index contributed by atoms with van der Waals surface area (Å²) in [7, 11) is 0. The van der Waals surface area contributed by atoms with Crippen LogP contribution in [0.5, 0.6) is 5.75 Å². The van der Waals surface area contributed by atoms with Crippen LogP contribution in [0, 0.1) is 0 Å². The number of anilines is 1. The van der Waals surface area contributed by atoms with Crippen LogP contribution in [0.1, 0.15) is 21.7 Å². The van der Waals surface area contributed by atoms with E-state index in [2.05, 4.69) is 15.4 Å². The smallest absolute Gasteiger partial charge is 0.387 e. The highest BCUT2D eigenvalue weighted by molar-refractivity contribution is 6.07. The molecule has 2 aromatic carbocycles. The Labute approximate surface area is 171 Å². The molecule has 2 amide bonds. The van der Waals surface area contributed by atoms with E-state index in [1.807, 2.05) is 0 Å². The van der Waals surface area contributed by atoms with E-state index in [1.165, 1.54) is 30.5 Å². The molecule has 3 rings (SSSR count). The first-order chi connectivity index (χ1) is 14.5. The van der Waals surface area contributed by atoms with Crippen molar-refractivity contribution >= 4 is 23.6 Å². The molecule has 0 unspecified atom stereocenters. The van der Waals surface area contributed by atoms with Gasteiger partial charge in [0.1, 0.15) is 11.5 Å². The summed E-state index contributed by atoms with van der Waals surface area (Å²) < 4.78 is 34.6. The zero-order valence-electron chi connectivity index (χ0n) is 15.7. The number of rotatable bonds is 8. The highest BCUT2D eigenvalue weighted by atomic mass is 19.3. The fourth-order valence-corrected chi connectivity index (χ4v) is 2.63. The quantitative estimate of drug-likeness (QED) is 0.535. The van der Waals surface area contributed by atoms with Crippen molar-refractivity contribution in [2.45, 2.75) is 13.2 Å². The van der Waals surface area contributed by atoms with Crippen LogP contribution in [-0.4, -0.2) is 18.4 Å². The van der Waals surface area contributed by atoms with E-state index >= 15 is 0 Å². The topological polar surface area (TPSA) is 80.6 Å². The summed E-state index contributed by atoms with van der Waals surface area (Å²) in [4.78, 5) is 24.8. The molecule has 0 saturated carbocycles. The monoisotopic (exact) mass is 412 g/mol. The largest absolute Gasteiger partial charge is 0.467 e. The third kappa shape index (κ3) is 5.78. The van der Waals surface area contributed by atoms with E-state index in [1.54, 1.807) is 48.5 Å². The molecular weight excluding hydrogens is 394 g/mol. The van der Waals surface area contributed by atoms with Gasteiger partial charge in [-0.3, -0.25) is 9.59 Å². The van der Waals surface area contributed by atoms with Crippen LogP contribution in [0.4, 0.5) is 14.5 Å². The second-order valence-corrected chi connectivity index (χ2v) is 6.05. The molecular formula is C22H18F2N2O4. The predicted molar refractivity (Wildman–Crippen MR) is 107 cm³/mol. The fraction of sp³-hybridized carbons (Fsp3) is 0.0909. The lowest BCUT2D eigenvalue weighted by Crippen LogP contribution is -2.24. The Morgan fingerprint density at radius 1 is 1.03 bits per heavy atom. The SMILES string of the molecule is O=C(/C=C/c1ccccc1OC(F)F)Nc1ccccc1C(=O)NCc1ccco1. The molecule has 8 heteroatoms. The summed E-state index contributed by atoms with van der Waals surface area (Å²) in [6.45, 7) is -2.77. The maximum absolute atomic E-state index is 12.5. The van der Waals surface area contributed by atoms with Gasteiger partial charge in [-0.2, -0.15) is 8.78 Å². The number of nitrogens with one attached hydrogen (secondary N) is 2. The third-order valence-corrected chi connectivity index (χ3v) is 3.98. The summed E-state index contributed by atoms with van der Waals surface area (Å²) >= 11 is 0. The van der Waals surface area contributed by atoms with Crippen LogP contribution in [0.25, 0.3) is 6.08 Å². The van der Waals surface area contributed by atoms with E-state index in [4.69, 9.17) is 4.42 Å². The number of ether oxygens (including phenoxy) is 1. The number of hydrogen-bond donors (Lipinski definition) is 2. The highest BCUT2D eigenvalue weighted by Gasteiger charge is 2.13. The number of furan rings is 1. The fourth-order valence-electron chi connectivity index (χ4n) is 2.63. The van der Waals surface area contributed by atoms with Crippen LogP contribution in [0.3, 0.4) is 0 Å². The van der Waals surface area contributed by atoms with Crippen molar-refractivity contribution in [1.82, 2.24) is 5.32 Å². The Morgan fingerprint density at radius 2 is 1.80 bits per heavy atom. The Bertz CT molecular complexity index is 1030. The molecule has 0 aliphatic heterocycles. The normalized spacial score (nSPS) is 10.9. The first-order valence-corrected chi connectivity index (χ1v) is 8.95. The van der Waals surface area contributed by atoms with E-state index in [0.717, 1.165) is 0 Å². The number of hydrogen-bond acceptors (Lipinski definition) is 4. The molecule has 0 radical (unpaired) electrons. The van der Waals surface area contributed by atoms with Crippen molar-refractivity contribution < 1.29 is 27.5 Å². The van der Waals surface area contributed by atoms with Gasteiger partial charge in [0.15, 0.2) is 0 Å². The van der Waals surface area contributed by atoms with Crippen LogP contribution < -0.4 is 15.4 Å². The van der Waals surface area contributed by atoms with Crippen LogP contribution in [0.15, 0.2) is 77.4 Å². The number of amides is 2. The Hall–Kier alpha value is -3.94. The van der Waals surface area contributed by atoms with Crippen molar-refractivity contribution in [3.05, 3.63) is 89.9 Å². The minimum Gasteiger partial charge on any atom is -0.467 e. The summed E-state index contributed by atoms with van der Waals surface area (Å²) in [5.41, 5.74) is 0.894. The van der Waals surface area contributed by atoms with Gasteiger partial charge >= 0.3 is 6.61 Å². The molecule has 3 aromatic rings. The molecule has 30 heavy (non-hydrogen) atoms. The van der Waals surface area contributed by atoms with Crippen LogP contribution >= 0.6 is 0 Å². The lowest BCUT2D eigenvalue weighted by molar-refractivity contribution is -0.111. The van der Waals surface area contributed by atoms with Gasteiger partial charge in [-0.1, -0.05) is 30.3 Å². The molecule has 0 aliphatic rings. The molecule has 1 heterocycles. The average molecular weight is 412 g/mol. The van der Waals surface area contributed by atoms with E-state index in [-0.39, 0.29) is 23.8 Å².